The van der Waals surface area contributed by atoms with Crippen molar-refractivity contribution < 1.29 is 9.21 Å². The van der Waals surface area contributed by atoms with E-state index in [-0.39, 0.29) is 5.41 Å². The molecule has 2 heterocycles. The van der Waals surface area contributed by atoms with Crippen LogP contribution in [0.4, 0.5) is 0 Å². The van der Waals surface area contributed by atoms with Gasteiger partial charge in [0, 0.05) is 24.9 Å². The van der Waals surface area contributed by atoms with E-state index >= 15 is 0 Å². The van der Waals surface area contributed by atoms with Crippen LogP contribution in [-0.2, 0) is 10.2 Å². The van der Waals surface area contributed by atoms with Gasteiger partial charge in [0.1, 0.15) is 0 Å². The zero-order chi connectivity index (χ0) is 14.0. The van der Waals surface area contributed by atoms with Crippen molar-refractivity contribution in [3.63, 3.8) is 0 Å². The fraction of sp³-hybridized carbons (Fsp3) is 0.812. The van der Waals surface area contributed by atoms with Crippen molar-refractivity contribution in [2.24, 2.45) is 11.8 Å². The van der Waals surface area contributed by atoms with Gasteiger partial charge in [-0.25, -0.2) is 0 Å². The van der Waals surface area contributed by atoms with Gasteiger partial charge in [0.05, 0.1) is 5.41 Å². The zero-order valence-corrected chi connectivity index (χ0v) is 12.3. The van der Waals surface area contributed by atoms with E-state index in [4.69, 9.17) is 4.42 Å². The van der Waals surface area contributed by atoms with Crippen LogP contribution in [-0.4, -0.2) is 34.1 Å². The van der Waals surface area contributed by atoms with Crippen molar-refractivity contribution >= 4 is 5.91 Å². The molecule has 1 saturated heterocycles. The molecule has 3 aliphatic carbocycles. The third kappa shape index (κ3) is 1.79. The van der Waals surface area contributed by atoms with Crippen molar-refractivity contribution in [3.8, 4) is 0 Å². The second kappa shape index (κ2) is 4.08. The van der Waals surface area contributed by atoms with E-state index in [1.165, 1.54) is 25.7 Å². The Morgan fingerprint density at radius 3 is 2.81 bits per heavy atom. The summed E-state index contributed by atoms with van der Waals surface area (Å²) in [6.45, 7) is 1.70. The van der Waals surface area contributed by atoms with Crippen LogP contribution in [0.25, 0.3) is 0 Å². The van der Waals surface area contributed by atoms with E-state index in [0.717, 1.165) is 44.1 Å². The minimum Gasteiger partial charge on any atom is -0.424 e. The first kappa shape index (κ1) is 12.2. The van der Waals surface area contributed by atoms with Crippen molar-refractivity contribution in [2.45, 2.75) is 56.3 Å². The number of likely N-dealkylation sites (tertiary alicyclic amines) is 1. The van der Waals surface area contributed by atoms with Gasteiger partial charge in [0.25, 0.3) is 0 Å². The van der Waals surface area contributed by atoms with E-state index in [2.05, 4.69) is 15.1 Å². The second-order valence-electron chi connectivity index (χ2n) is 7.46. The van der Waals surface area contributed by atoms with E-state index in [1.54, 1.807) is 0 Å². The van der Waals surface area contributed by atoms with Crippen LogP contribution in [0.5, 0.6) is 0 Å². The number of nitrogens with zero attached hydrogens (tertiary/aromatic N) is 3. The maximum atomic E-state index is 12.4. The first-order valence-corrected chi connectivity index (χ1v) is 8.39. The SMILES string of the molecule is O=C(C1CC1)N1C[C@@H]2CCC[C@]2(c2nnc(C3CC3)o2)C1. The van der Waals surface area contributed by atoms with Gasteiger partial charge in [-0.1, -0.05) is 6.42 Å². The predicted octanol–water partition coefficient (Wildman–Crippen LogP) is 2.24. The Morgan fingerprint density at radius 2 is 2.05 bits per heavy atom. The first-order chi connectivity index (χ1) is 10.3. The number of carbonyl (C=O) groups excluding carboxylic acids is 1. The predicted molar refractivity (Wildman–Crippen MR) is 74.6 cm³/mol. The summed E-state index contributed by atoms with van der Waals surface area (Å²) in [5.74, 6) is 3.35. The van der Waals surface area contributed by atoms with E-state index in [0.29, 0.717) is 23.7 Å². The molecule has 0 spiro atoms. The van der Waals surface area contributed by atoms with E-state index in [9.17, 15) is 4.79 Å². The second-order valence-corrected chi connectivity index (χ2v) is 7.46. The van der Waals surface area contributed by atoms with Gasteiger partial charge < -0.3 is 9.32 Å². The molecule has 3 saturated carbocycles. The Hall–Kier alpha value is -1.39. The lowest BCUT2D eigenvalue weighted by atomic mass is 9.80. The molecule has 0 N–H and O–H groups in total. The summed E-state index contributed by atoms with van der Waals surface area (Å²) in [5.41, 5.74) is -0.0370. The minimum absolute atomic E-state index is 0.0370. The number of amides is 1. The lowest BCUT2D eigenvalue weighted by Crippen LogP contribution is -2.35. The quantitative estimate of drug-likeness (QED) is 0.855. The summed E-state index contributed by atoms with van der Waals surface area (Å²) in [6, 6.07) is 0. The van der Waals surface area contributed by atoms with Crippen LogP contribution in [0.3, 0.4) is 0 Å². The molecule has 5 rings (SSSR count). The smallest absolute Gasteiger partial charge is 0.225 e. The summed E-state index contributed by atoms with van der Waals surface area (Å²) in [6.07, 6.45) is 8.04. The van der Waals surface area contributed by atoms with E-state index < -0.39 is 0 Å². The third-order valence-corrected chi connectivity index (χ3v) is 5.90. The number of hydrogen-bond donors (Lipinski definition) is 0. The van der Waals surface area contributed by atoms with Gasteiger partial charge in [0.2, 0.25) is 17.7 Å². The number of rotatable bonds is 3. The molecule has 4 aliphatic rings. The number of carbonyl (C=O) groups is 1. The minimum atomic E-state index is -0.0370. The van der Waals surface area contributed by atoms with Crippen LogP contribution in [0, 0.1) is 11.8 Å². The highest BCUT2D eigenvalue weighted by atomic mass is 16.4. The molecule has 1 amide bonds. The molecule has 5 heteroatoms. The third-order valence-electron chi connectivity index (χ3n) is 5.90. The standard InChI is InChI=1S/C16H21N3O2/c20-14(11-5-6-11)19-8-12-2-1-7-16(12,9-19)15-18-17-13(21-15)10-3-4-10/h10-12H,1-9H2/t12-,16-/m0/s1. The van der Waals surface area contributed by atoms with Gasteiger partial charge >= 0.3 is 0 Å². The maximum Gasteiger partial charge on any atom is 0.225 e. The lowest BCUT2D eigenvalue weighted by molar-refractivity contribution is -0.131. The Morgan fingerprint density at radius 1 is 1.19 bits per heavy atom. The van der Waals surface area contributed by atoms with Crippen LogP contribution in [0.2, 0.25) is 0 Å². The van der Waals surface area contributed by atoms with Crippen LogP contribution in [0.15, 0.2) is 4.42 Å². The van der Waals surface area contributed by atoms with E-state index in [1.807, 2.05) is 0 Å². The molecular formula is C16H21N3O2. The van der Waals surface area contributed by atoms with Crippen molar-refractivity contribution in [2.75, 3.05) is 13.1 Å². The highest BCUT2D eigenvalue weighted by Gasteiger charge is 2.56. The summed E-state index contributed by atoms with van der Waals surface area (Å²) in [7, 11) is 0. The highest BCUT2D eigenvalue weighted by Crippen LogP contribution is 2.51. The molecule has 21 heavy (non-hydrogen) atoms. The van der Waals surface area contributed by atoms with Crippen LogP contribution >= 0.6 is 0 Å². The Labute approximate surface area is 124 Å². The summed E-state index contributed by atoms with van der Waals surface area (Å²) in [5, 5.41) is 8.67. The van der Waals surface area contributed by atoms with Crippen LogP contribution in [0.1, 0.15) is 62.6 Å². The average molecular weight is 287 g/mol. The van der Waals surface area contributed by atoms with Gasteiger partial charge in [0.15, 0.2) is 0 Å². The number of aromatic nitrogens is 2. The van der Waals surface area contributed by atoms with Crippen molar-refractivity contribution in [1.29, 1.82) is 0 Å². The summed E-state index contributed by atoms with van der Waals surface area (Å²) in [4.78, 5) is 14.5. The number of hydrogen-bond acceptors (Lipinski definition) is 4. The molecule has 112 valence electrons. The fourth-order valence-corrected chi connectivity index (χ4v) is 4.33. The normalized spacial score (nSPS) is 35.2. The molecule has 1 aromatic heterocycles. The monoisotopic (exact) mass is 287 g/mol. The Kier molecular flexibility index (Phi) is 2.37. The summed E-state index contributed by atoms with van der Waals surface area (Å²) >= 11 is 0. The molecule has 1 aromatic rings. The zero-order valence-electron chi connectivity index (χ0n) is 12.3. The molecular weight excluding hydrogens is 266 g/mol. The largest absolute Gasteiger partial charge is 0.424 e. The Balaban J connectivity index is 1.45. The van der Waals surface area contributed by atoms with Gasteiger partial charge in [-0.3, -0.25) is 4.79 Å². The van der Waals surface area contributed by atoms with Crippen molar-refractivity contribution in [3.05, 3.63) is 11.8 Å². The molecule has 1 aliphatic heterocycles. The van der Waals surface area contributed by atoms with Gasteiger partial charge in [-0.15, -0.1) is 10.2 Å². The molecule has 0 bridgehead atoms. The highest BCUT2D eigenvalue weighted by molar-refractivity contribution is 5.81. The molecule has 0 radical (unpaired) electrons. The Bertz CT molecular complexity index is 590. The summed E-state index contributed by atoms with van der Waals surface area (Å²) < 4.78 is 6.04. The molecule has 2 atom stereocenters. The fourth-order valence-electron chi connectivity index (χ4n) is 4.33. The molecule has 0 unspecified atom stereocenters. The van der Waals surface area contributed by atoms with Gasteiger partial charge in [-0.2, -0.15) is 0 Å². The first-order valence-electron chi connectivity index (χ1n) is 8.39. The molecule has 4 fully saturated rings. The molecule has 5 nitrogen and oxygen atoms in total. The van der Waals surface area contributed by atoms with Crippen molar-refractivity contribution in [1.82, 2.24) is 15.1 Å². The van der Waals surface area contributed by atoms with Crippen LogP contribution < -0.4 is 0 Å². The average Bonchev–Trinajstić information content (AvgIpc) is 3.37. The molecule has 0 aromatic carbocycles. The lowest BCUT2D eigenvalue weighted by Gasteiger charge is -2.24. The number of fused-ring (bicyclic) bond motifs is 1. The van der Waals surface area contributed by atoms with Gasteiger partial charge in [-0.05, 0) is 44.4 Å². The topological polar surface area (TPSA) is 59.2 Å². The maximum absolute atomic E-state index is 12.4.